The molecule has 0 aliphatic carbocycles. The summed E-state index contributed by atoms with van der Waals surface area (Å²) in [6.45, 7) is 0. The zero-order chi connectivity index (χ0) is 15.7. The van der Waals surface area contributed by atoms with Crippen molar-refractivity contribution in [3.63, 3.8) is 0 Å². The van der Waals surface area contributed by atoms with Crippen LogP contribution in [-0.2, 0) is 10.3 Å². The second-order valence-corrected chi connectivity index (χ2v) is 4.88. The van der Waals surface area contributed by atoms with Gasteiger partial charge in [-0.15, -0.1) is 0 Å². The van der Waals surface area contributed by atoms with Gasteiger partial charge in [-0.3, -0.25) is 10.1 Å². The van der Waals surface area contributed by atoms with E-state index in [1.807, 2.05) is 0 Å². The van der Waals surface area contributed by atoms with Crippen molar-refractivity contribution in [1.82, 2.24) is 10.6 Å². The van der Waals surface area contributed by atoms with Gasteiger partial charge < -0.3 is 10.4 Å². The van der Waals surface area contributed by atoms with Crippen LogP contribution in [0.5, 0.6) is 0 Å². The molecule has 1 saturated heterocycles. The van der Waals surface area contributed by atoms with Crippen LogP contribution >= 0.6 is 0 Å². The van der Waals surface area contributed by atoms with Crippen LogP contribution < -0.4 is 10.6 Å². The molecule has 1 fully saturated rings. The largest absolute Gasteiger partial charge is 0.478 e. The lowest BCUT2D eigenvalue weighted by Crippen LogP contribution is -2.45. The summed E-state index contributed by atoms with van der Waals surface area (Å²) < 4.78 is 0. The Labute approximate surface area is 125 Å². The molecule has 1 aliphatic heterocycles. The number of carbonyl (C=O) groups excluding carboxylic acids is 2. The Morgan fingerprint density at radius 2 is 1.59 bits per heavy atom. The molecule has 0 saturated carbocycles. The highest BCUT2D eigenvalue weighted by molar-refractivity contribution is 6.10. The van der Waals surface area contributed by atoms with E-state index in [0.29, 0.717) is 5.56 Å². The first-order valence-electron chi connectivity index (χ1n) is 6.57. The third kappa shape index (κ3) is 1.93. The number of aromatic carboxylic acids is 1. The van der Waals surface area contributed by atoms with E-state index in [1.54, 1.807) is 42.5 Å². The van der Waals surface area contributed by atoms with Crippen molar-refractivity contribution in [2.24, 2.45) is 0 Å². The van der Waals surface area contributed by atoms with Crippen LogP contribution in [0.2, 0.25) is 0 Å². The van der Waals surface area contributed by atoms with Gasteiger partial charge in [-0.05, 0) is 11.6 Å². The lowest BCUT2D eigenvalue weighted by molar-refractivity contribution is -0.122. The molecule has 2 aromatic carbocycles. The fourth-order valence-electron chi connectivity index (χ4n) is 2.69. The predicted molar refractivity (Wildman–Crippen MR) is 77.3 cm³/mol. The van der Waals surface area contributed by atoms with E-state index in [2.05, 4.69) is 10.6 Å². The second-order valence-electron chi connectivity index (χ2n) is 4.88. The van der Waals surface area contributed by atoms with E-state index < -0.39 is 23.4 Å². The Balaban J connectivity index is 2.32. The highest BCUT2D eigenvalue weighted by Gasteiger charge is 2.50. The van der Waals surface area contributed by atoms with E-state index in [4.69, 9.17) is 0 Å². The normalized spacial score (nSPS) is 20.4. The Morgan fingerprint density at radius 3 is 2.18 bits per heavy atom. The average Bonchev–Trinajstić information content (AvgIpc) is 2.83. The van der Waals surface area contributed by atoms with E-state index >= 15 is 0 Å². The molecule has 6 heteroatoms. The van der Waals surface area contributed by atoms with Crippen LogP contribution in [0.3, 0.4) is 0 Å². The summed E-state index contributed by atoms with van der Waals surface area (Å²) in [5, 5.41) is 14.2. The molecule has 0 aromatic heterocycles. The molecule has 0 spiro atoms. The van der Waals surface area contributed by atoms with Crippen molar-refractivity contribution in [3.8, 4) is 0 Å². The van der Waals surface area contributed by atoms with Crippen molar-refractivity contribution < 1.29 is 19.5 Å². The maximum absolute atomic E-state index is 12.5. The lowest BCUT2D eigenvalue weighted by Gasteiger charge is -2.28. The molecule has 1 heterocycles. The zero-order valence-electron chi connectivity index (χ0n) is 11.4. The number of amides is 3. The minimum atomic E-state index is -1.55. The number of hydrogen-bond donors (Lipinski definition) is 3. The number of imide groups is 1. The van der Waals surface area contributed by atoms with Crippen LogP contribution in [0.4, 0.5) is 4.79 Å². The SMILES string of the molecule is O=C1NC(=O)C(c2ccccc2)(c2ccccc2C(=O)O)N1. The van der Waals surface area contributed by atoms with Crippen LogP contribution in [0.1, 0.15) is 21.5 Å². The van der Waals surface area contributed by atoms with Gasteiger partial charge in [0.05, 0.1) is 5.56 Å². The van der Waals surface area contributed by atoms with Crippen LogP contribution in [-0.4, -0.2) is 23.0 Å². The molecule has 1 aliphatic rings. The lowest BCUT2D eigenvalue weighted by atomic mass is 9.80. The summed E-state index contributed by atoms with van der Waals surface area (Å²) in [6.07, 6.45) is 0. The minimum absolute atomic E-state index is 0.0382. The topological polar surface area (TPSA) is 95.5 Å². The first-order valence-corrected chi connectivity index (χ1v) is 6.57. The highest BCUT2D eigenvalue weighted by atomic mass is 16.4. The number of urea groups is 1. The summed E-state index contributed by atoms with van der Waals surface area (Å²) in [7, 11) is 0. The number of carboxylic acids is 1. The molecule has 3 amide bonds. The molecule has 6 nitrogen and oxygen atoms in total. The number of carbonyl (C=O) groups is 3. The summed E-state index contributed by atoms with van der Waals surface area (Å²) in [5.74, 6) is -1.77. The van der Waals surface area contributed by atoms with Gasteiger partial charge in [0.25, 0.3) is 5.91 Å². The van der Waals surface area contributed by atoms with Gasteiger partial charge in [-0.2, -0.15) is 0 Å². The third-order valence-corrected chi connectivity index (χ3v) is 3.64. The molecule has 1 unspecified atom stereocenters. The molecule has 2 aromatic rings. The molecule has 0 bridgehead atoms. The van der Waals surface area contributed by atoms with E-state index in [1.165, 1.54) is 12.1 Å². The monoisotopic (exact) mass is 296 g/mol. The number of rotatable bonds is 3. The molecule has 22 heavy (non-hydrogen) atoms. The molecule has 3 rings (SSSR count). The minimum Gasteiger partial charge on any atom is -0.478 e. The number of nitrogens with one attached hydrogen (secondary N) is 2. The van der Waals surface area contributed by atoms with E-state index in [0.717, 1.165) is 0 Å². The molecule has 1 atom stereocenters. The van der Waals surface area contributed by atoms with E-state index in [9.17, 15) is 19.5 Å². The standard InChI is InChI=1S/C16H12N2O4/c19-13(20)11-8-4-5-9-12(11)16(10-6-2-1-3-7-10)14(21)17-15(22)18-16/h1-9H,(H,19,20)(H2,17,18,21,22). The Hall–Kier alpha value is -3.15. The van der Waals surface area contributed by atoms with Crippen molar-refractivity contribution >= 4 is 17.9 Å². The Morgan fingerprint density at radius 1 is 0.955 bits per heavy atom. The summed E-state index contributed by atoms with van der Waals surface area (Å²) in [5.41, 5.74) is -0.874. The first kappa shape index (κ1) is 13.8. The molecular weight excluding hydrogens is 284 g/mol. The zero-order valence-corrected chi connectivity index (χ0v) is 11.4. The predicted octanol–water partition coefficient (Wildman–Crippen LogP) is 1.47. The van der Waals surface area contributed by atoms with Crippen molar-refractivity contribution in [3.05, 3.63) is 71.3 Å². The number of hydrogen-bond acceptors (Lipinski definition) is 3. The fourth-order valence-corrected chi connectivity index (χ4v) is 2.69. The van der Waals surface area contributed by atoms with Gasteiger partial charge in [-0.1, -0.05) is 48.5 Å². The maximum atomic E-state index is 12.5. The number of benzene rings is 2. The summed E-state index contributed by atoms with van der Waals surface area (Å²) >= 11 is 0. The molecule has 3 N–H and O–H groups in total. The van der Waals surface area contributed by atoms with E-state index in [-0.39, 0.29) is 11.1 Å². The van der Waals surface area contributed by atoms with Gasteiger partial charge in [0.1, 0.15) is 0 Å². The smallest absolute Gasteiger partial charge is 0.336 e. The summed E-state index contributed by atoms with van der Waals surface area (Å²) in [6, 6.07) is 14.0. The average molecular weight is 296 g/mol. The molecule has 110 valence electrons. The van der Waals surface area contributed by atoms with Gasteiger partial charge in [-0.25, -0.2) is 9.59 Å². The van der Waals surface area contributed by atoms with Crippen molar-refractivity contribution in [2.45, 2.75) is 5.54 Å². The van der Waals surface area contributed by atoms with Crippen molar-refractivity contribution in [2.75, 3.05) is 0 Å². The highest BCUT2D eigenvalue weighted by Crippen LogP contribution is 2.34. The van der Waals surface area contributed by atoms with Crippen LogP contribution in [0.25, 0.3) is 0 Å². The quantitative estimate of drug-likeness (QED) is 0.747. The second kappa shape index (κ2) is 5.00. The fraction of sp³-hybridized carbons (Fsp3) is 0.0625. The molecular formula is C16H12N2O4. The first-order chi connectivity index (χ1) is 10.6. The van der Waals surface area contributed by atoms with Gasteiger partial charge in [0.2, 0.25) is 0 Å². The maximum Gasteiger partial charge on any atom is 0.336 e. The van der Waals surface area contributed by atoms with Crippen molar-refractivity contribution in [1.29, 1.82) is 0 Å². The van der Waals surface area contributed by atoms with Crippen LogP contribution in [0.15, 0.2) is 54.6 Å². The van der Waals surface area contributed by atoms with Gasteiger partial charge in [0, 0.05) is 5.56 Å². The Bertz CT molecular complexity index is 773. The van der Waals surface area contributed by atoms with Gasteiger partial charge in [0.15, 0.2) is 5.54 Å². The third-order valence-electron chi connectivity index (χ3n) is 3.64. The number of carboxylic acid groups (broad SMARTS) is 1. The van der Waals surface area contributed by atoms with Gasteiger partial charge >= 0.3 is 12.0 Å². The molecule has 0 radical (unpaired) electrons. The Kier molecular flexibility index (Phi) is 3.14. The van der Waals surface area contributed by atoms with Crippen LogP contribution in [0, 0.1) is 0 Å². The summed E-state index contributed by atoms with van der Waals surface area (Å²) in [4.78, 5) is 35.7.